The number of ether oxygens (including phenoxy) is 1. The van der Waals surface area contributed by atoms with E-state index in [9.17, 15) is 5.11 Å². The zero-order chi connectivity index (χ0) is 15.9. The van der Waals surface area contributed by atoms with Crippen LogP contribution in [0.4, 0.5) is 0 Å². The van der Waals surface area contributed by atoms with E-state index < -0.39 is 0 Å². The number of unbranched alkanes of at least 4 members (excludes halogenated alkanes) is 2. The molecule has 22 heavy (non-hydrogen) atoms. The first kappa shape index (κ1) is 15.5. The molecule has 1 aromatic carbocycles. The molecule has 1 aromatic rings. The maximum atomic E-state index is 10.6. The van der Waals surface area contributed by atoms with Gasteiger partial charge in [-0.15, -0.1) is 0 Å². The van der Waals surface area contributed by atoms with Crippen LogP contribution in [0.1, 0.15) is 70.4 Å². The van der Waals surface area contributed by atoms with E-state index in [1.165, 1.54) is 30.4 Å². The summed E-state index contributed by atoms with van der Waals surface area (Å²) in [6.07, 6.45) is 8.02. The van der Waals surface area contributed by atoms with Gasteiger partial charge in [0.1, 0.15) is 17.1 Å². The van der Waals surface area contributed by atoms with Crippen LogP contribution in [0.3, 0.4) is 0 Å². The molecular formula is C20H28O2. The average Bonchev–Trinajstić information content (AvgIpc) is 2.80. The molecule has 0 bridgehead atoms. The van der Waals surface area contributed by atoms with Crippen molar-refractivity contribution < 1.29 is 9.84 Å². The summed E-state index contributed by atoms with van der Waals surface area (Å²) in [4.78, 5) is 0. The summed E-state index contributed by atoms with van der Waals surface area (Å²) in [5.41, 5.74) is 3.42. The molecule has 0 saturated heterocycles. The minimum Gasteiger partial charge on any atom is -0.507 e. The van der Waals surface area contributed by atoms with Crippen molar-refractivity contribution in [3.63, 3.8) is 0 Å². The Morgan fingerprint density at radius 3 is 2.77 bits per heavy atom. The molecule has 0 radical (unpaired) electrons. The highest BCUT2D eigenvalue weighted by Gasteiger charge is 2.46. The number of benzene rings is 1. The van der Waals surface area contributed by atoms with Gasteiger partial charge < -0.3 is 9.84 Å². The minimum absolute atomic E-state index is 0.180. The Labute approximate surface area is 134 Å². The van der Waals surface area contributed by atoms with Crippen molar-refractivity contribution in [3.05, 3.63) is 34.9 Å². The zero-order valence-corrected chi connectivity index (χ0v) is 14.3. The largest absolute Gasteiger partial charge is 0.507 e. The van der Waals surface area contributed by atoms with Crippen LogP contribution >= 0.6 is 0 Å². The van der Waals surface area contributed by atoms with E-state index in [1.54, 1.807) is 0 Å². The Bertz CT molecular complexity index is 598. The summed E-state index contributed by atoms with van der Waals surface area (Å²) in [7, 11) is 0. The number of aryl methyl sites for hydroxylation is 1. The lowest BCUT2D eigenvalue weighted by Gasteiger charge is -2.42. The van der Waals surface area contributed by atoms with Crippen LogP contribution in [-0.2, 0) is 6.42 Å². The summed E-state index contributed by atoms with van der Waals surface area (Å²) in [5, 5.41) is 10.6. The second-order valence-electron chi connectivity index (χ2n) is 7.54. The molecule has 2 heteroatoms. The molecule has 1 aliphatic heterocycles. The third-order valence-electron chi connectivity index (χ3n) is 5.29. The quantitative estimate of drug-likeness (QED) is 0.600. The molecule has 2 aliphatic rings. The topological polar surface area (TPSA) is 29.5 Å². The molecule has 3 rings (SSSR count). The number of phenols is 1. The predicted octanol–water partition coefficient (Wildman–Crippen LogP) is 5.35. The van der Waals surface area contributed by atoms with Gasteiger partial charge in [0.2, 0.25) is 0 Å². The molecule has 0 spiro atoms. The molecule has 2 nitrogen and oxygen atoms in total. The Morgan fingerprint density at radius 2 is 2.05 bits per heavy atom. The van der Waals surface area contributed by atoms with E-state index in [4.69, 9.17) is 4.74 Å². The van der Waals surface area contributed by atoms with E-state index in [-0.39, 0.29) is 5.60 Å². The van der Waals surface area contributed by atoms with E-state index >= 15 is 0 Å². The first-order valence-corrected chi connectivity index (χ1v) is 8.64. The van der Waals surface area contributed by atoms with Crippen molar-refractivity contribution in [1.29, 1.82) is 0 Å². The molecule has 0 saturated carbocycles. The van der Waals surface area contributed by atoms with Crippen molar-refractivity contribution in [2.24, 2.45) is 5.92 Å². The molecule has 0 fully saturated rings. The van der Waals surface area contributed by atoms with E-state index in [0.717, 1.165) is 24.2 Å². The van der Waals surface area contributed by atoms with E-state index in [2.05, 4.69) is 39.8 Å². The van der Waals surface area contributed by atoms with E-state index in [0.29, 0.717) is 17.6 Å². The van der Waals surface area contributed by atoms with Gasteiger partial charge in [-0.1, -0.05) is 31.4 Å². The summed E-state index contributed by atoms with van der Waals surface area (Å²) in [5.74, 6) is 2.03. The molecule has 120 valence electrons. The van der Waals surface area contributed by atoms with Gasteiger partial charge in [0, 0.05) is 17.4 Å². The number of aromatic hydroxyl groups is 1. The molecular weight excluding hydrogens is 272 g/mol. The molecule has 2 unspecified atom stereocenters. The highest BCUT2D eigenvalue weighted by atomic mass is 16.5. The van der Waals surface area contributed by atoms with Gasteiger partial charge in [0.05, 0.1) is 0 Å². The number of fused-ring (bicyclic) bond motifs is 3. The van der Waals surface area contributed by atoms with Gasteiger partial charge in [-0.3, -0.25) is 0 Å². The lowest BCUT2D eigenvalue weighted by Crippen LogP contribution is -2.42. The van der Waals surface area contributed by atoms with Crippen molar-refractivity contribution in [2.45, 2.75) is 71.3 Å². The maximum Gasteiger partial charge on any atom is 0.127 e. The normalized spacial score (nSPS) is 25.2. The summed E-state index contributed by atoms with van der Waals surface area (Å²) < 4.78 is 6.32. The third kappa shape index (κ3) is 2.64. The Kier molecular flexibility index (Phi) is 3.96. The smallest absolute Gasteiger partial charge is 0.127 e. The summed E-state index contributed by atoms with van der Waals surface area (Å²) in [6, 6.07) is 4.11. The Morgan fingerprint density at radius 1 is 1.27 bits per heavy atom. The summed E-state index contributed by atoms with van der Waals surface area (Å²) >= 11 is 0. The van der Waals surface area contributed by atoms with Crippen molar-refractivity contribution >= 4 is 0 Å². The van der Waals surface area contributed by atoms with Crippen molar-refractivity contribution in [3.8, 4) is 11.5 Å². The highest BCUT2D eigenvalue weighted by molar-refractivity contribution is 5.54. The molecule has 0 aromatic heterocycles. The Hall–Kier alpha value is -1.44. The number of phenolic OH excluding ortho intramolecular Hbond substituents is 1. The average molecular weight is 300 g/mol. The lowest BCUT2D eigenvalue weighted by atomic mass is 9.75. The minimum atomic E-state index is -0.180. The zero-order valence-electron chi connectivity index (χ0n) is 14.3. The monoisotopic (exact) mass is 300 g/mol. The highest BCUT2D eigenvalue weighted by Crippen LogP contribution is 2.54. The Balaban J connectivity index is 1.97. The van der Waals surface area contributed by atoms with Crippen LogP contribution < -0.4 is 4.74 Å². The standard InChI is InChI=1S/C20H28O2/c1-5-6-7-8-14-11-17(21)19-15-9-13(2)10-16(15)20(3,4)22-18(19)12-14/h9,11-12,15-16,21H,5-8,10H2,1-4H3. The third-order valence-corrected chi connectivity index (χ3v) is 5.29. The van der Waals surface area contributed by atoms with Gasteiger partial charge in [0.15, 0.2) is 0 Å². The number of hydrogen-bond acceptors (Lipinski definition) is 2. The number of rotatable bonds is 4. The first-order valence-electron chi connectivity index (χ1n) is 8.64. The van der Waals surface area contributed by atoms with Crippen LogP contribution in [0.5, 0.6) is 11.5 Å². The molecule has 1 heterocycles. The van der Waals surface area contributed by atoms with Gasteiger partial charge in [-0.05, 0) is 57.7 Å². The number of hydrogen-bond donors (Lipinski definition) is 1. The van der Waals surface area contributed by atoms with Gasteiger partial charge in [-0.2, -0.15) is 0 Å². The van der Waals surface area contributed by atoms with Crippen LogP contribution in [0.15, 0.2) is 23.8 Å². The maximum absolute atomic E-state index is 10.6. The molecule has 0 amide bonds. The van der Waals surface area contributed by atoms with Crippen molar-refractivity contribution in [1.82, 2.24) is 0 Å². The molecule has 2 atom stereocenters. The fourth-order valence-electron chi connectivity index (χ4n) is 4.10. The summed E-state index contributed by atoms with van der Waals surface area (Å²) in [6.45, 7) is 8.76. The van der Waals surface area contributed by atoms with Gasteiger partial charge in [0.25, 0.3) is 0 Å². The van der Waals surface area contributed by atoms with Crippen LogP contribution in [0.25, 0.3) is 0 Å². The second-order valence-corrected chi connectivity index (χ2v) is 7.54. The van der Waals surface area contributed by atoms with Crippen LogP contribution in [0, 0.1) is 5.92 Å². The van der Waals surface area contributed by atoms with Gasteiger partial charge >= 0.3 is 0 Å². The van der Waals surface area contributed by atoms with E-state index in [1.807, 2.05) is 6.07 Å². The fraction of sp³-hybridized carbons (Fsp3) is 0.600. The SMILES string of the molecule is CCCCCc1cc(O)c2c(c1)OC(C)(C)C1CC(C)=CC21. The second kappa shape index (κ2) is 5.64. The number of allylic oxidation sites excluding steroid dienone is 2. The van der Waals surface area contributed by atoms with Crippen LogP contribution in [0.2, 0.25) is 0 Å². The molecule has 1 N–H and O–H groups in total. The predicted molar refractivity (Wildman–Crippen MR) is 90.6 cm³/mol. The first-order chi connectivity index (χ1) is 10.4. The van der Waals surface area contributed by atoms with Crippen molar-refractivity contribution in [2.75, 3.05) is 0 Å². The van der Waals surface area contributed by atoms with Crippen LogP contribution in [-0.4, -0.2) is 10.7 Å². The van der Waals surface area contributed by atoms with Gasteiger partial charge in [-0.25, -0.2) is 0 Å². The fourth-order valence-corrected chi connectivity index (χ4v) is 4.10. The lowest BCUT2D eigenvalue weighted by molar-refractivity contribution is 0.0224. The molecule has 1 aliphatic carbocycles.